The van der Waals surface area contributed by atoms with E-state index in [0.717, 1.165) is 0 Å². The van der Waals surface area contributed by atoms with Gasteiger partial charge in [-0.1, -0.05) is 212 Å². The summed E-state index contributed by atoms with van der Waals surface area (Å²) in [5.41, 5.74) is 9.99. The summed E-state index contributed by atoms with van der Waals surface area (Å²) in [6.07, 6.45) is 0. The lowest BCUT2D eigenvalue weighted by Crippen LogP contribution is -1.94. The van der Waals surface area contributed by atoms with Gasteiger partial charge in [0.25, 0.3) is 0 Å². The number of benzene rings is 13. The Morgan fingerprint density at radius 2 is 0.562 bits per heavy atom. The molecule has 15 aromatic carbocycles. The van der Waals surface area contributed by atoms with Crippen LogP contribution < -0.4 is 0 Å². The van der Waals surface area contributed by atoms with Gasteiger partial charge in [-0.2, -0.15) is 0 Å². The first-order chi connectivity index (χ1) is 31.8. The zero-order valence-electron chi connectivity index (χ0n) is 34.8. The Labute approximate surface area is 368 Å². The molecule has 0 nitrogen and oxygen atoms in total. The maximum Gasteiger partial charge on any atom is -0.000695 e. The summed E-state index contributed by atoms with van der Waals surface area (Å²) in [6, 6.07) is 82.1. The zero-order valence-corrected chi connectivity index (χ0v) is 34.8. The van der Waals surface area contributed by atoms with Gasteiger partial charge in [-0.15, -0.1) is 0 Å². The molecule has 292 valence electrons. The SMILES string of the molecule is c1ccc(-c2ccc3c4c(-c5ccccc5)c5c(-c6ccccc6)ccc6c5c(c5cccc7cc8c9cccc%10cccc(c%109)c8c6c75)c4c4ccc(-c5ccccc5)c2c34)cc1. The van der Waals surface area contributed by atoms with Crippen LogP contribution in [0.5, 0.6) is 0 Å². The Bertz CT molecular complexity index is 4310. The van der Waals surface area contributed by atoms with E-state index < -0.39 is 0 Å². The summed E-state index contributed by atoms with van der Waals surface area (Å²) in [6.45, 7) is 0. The van der Waals surface area contributed by atoms with E-state index in [0.29, 0.717) is 0 Å². The lowest BCUT2D eigenvalue weighted by Gasteiger charge is -2.22. The number of hydrogen-bond donors (Lipinski definition) is 0. The Morgan fingerprint density at radius 3 is 1.14 bits per heavy atom. The van der Waals surface area contributed by atoms with E-state index in [1.54, 1.807) is 0 Å². The van der Waals surface area contributed by atoms with Crippen molar-refractivity contribution in [2.45, 2.75) is 0 Å². The molecule has 0 radical (unpaired) electrons. The van der Waals surface area contributed by atoms with Crippen molar-refractivity contribution in [2.24, 2.45) is 0 Å². The Balaban J connectivity index is 1.28. The zero-order chi connectivity index (χ0) is 41.6. The van der Waals surface area contributed by atoms with Crippen LogP contribution in [-0.4, -0.2) is 0 Å². The highest BCUT2D eigenvalue weighted by Gasteiger charge is 2.29. The first-order valence-electron chi connectivity index (χ1n) is 22.4. The summed E-state index contributed by atoms with van der Waals surface area (Å²) < 4.78 is 0. The minimum absolute atomic E-state index is 1.23. The largest absolute Gasteiger partial charge is 0.0622 e. The van der Waals surface area contributed by atoms with Crippen molar-refractivity contribution >= 4 is 108 Å². The van der Waals surface area contributed by atoms with Crippen molar-refractivity contribution in [3.63, 3.8) is 0 Å². The molecule has 0 bridgehead atoms. The van der Waals surface area contributed by atoms with Crippen LogP contribution in [0.1, 0.15) is 0 Å². The Hall–Kier alpha value is -8.32. The molecule has 0 amide bonds. The number of fused-ring (bicyclic) bond motifs is 10. The fraction of sp³-hybridized carbons (Fsp3) is 0. The molecule has 0 saturated carbocycles. The standard InChI is InChI=1S/C64H36/c1-5-16-37(17-6-1)43-30-33-49-57-50(34-31-44(56(43)57)38-18-7-2-8-19-38)63-61(49)55(41-22-11-4-12-23-41)59-45(39-20-9-3-10-21-39)32-35-51-60-54-42(26-15-29-48(54)62(63)64(51)59)36-52-46-27-13-24-40-25-14-28-47(53(40)46)58(52)60/h1-36H. The second-order valence-corrected chi connectivity index (χ2v) is 17.7. The second kappa shape index (κ2) is 12.6. The smallest absolute Gasteiger partial charge is 0.000695 e. The lowest BCUT2D eigenvalue weighted by molar-refractivity contribution is 1.64. The van der Waals surface area contributed by atoms with Gasteiger partial charge in [-0.3, -0.25) is 0 Å². The van der Waals surface area contributed by atoms with Crippen LogP contribution in [0.15, 0.2) is 218 Å². The van der Waals surface area contributed by atoms with E-state index in [1.165, 1.54) is 152 Å². The van der Waals surface area contributed by atoms with E-state index in [2.05, 4.69) is 218 Å². The molecule has 0 N–H and O–H groups in total. The molecule has 0 heterocycles. The highest BCUT2D eigenvalue weighted by Crippen LogP contribution is 2.58. The van der Waals surface area contributed by atoms with Crippen molar-refractivity contribution in [3.05, 3.63) is 218 Å². The van der Waals surface area contributed by atoms with Gasteiger partial charge < -0.3 is 0 Å². The highest BCUT2D eigenvalue weighted by molar-refractivity contribution is 6.52. The molecule has 0 aliphatic carbocycles. The summed E-state index contributed by atoms with van der Waals surface area (Å²) in [4.78, 5) is 0. The lowest BCUT2D eigenvalue weighted by atomic mass is 9.80. The van der Waals surface area contributed by atoms with Gasteiger partial charge >= 0.3 is 0 Å². The number of hydrogen-bond acceptors (Lipinski definition) is 0. The molecule has 0 heteroatoms. The molecule has 15 aromatic rings. The van der Waals surface area contributed by atoms with Gasteiger partial charge in [0.05, 0.1) is 0 Å². The van der Waals surface area contributed by atoms with Crippen LogP contribution >= 0.6 is 0 Å². The molecule has 0 aromatic heterocycles. The summed E-state index contributed by atoms with van der Waals surface area (Å²) in [7, 11) is 0. The third-order valence-corrected chi connectivity index (χ3v) is 14.6. The van der Waals surface area contributed by atoms with E-state index in [4.69, 9.17) is 0 Å². The monoisotopic (exact) mass is 804 g/mol. The van der Waals surface area contributed by atoms with Crippen LogP contribution in [0.3, 0.4) is 0 Å². The molecule has 15 rings (SSSR count). The van der Waals surface area contributed by atoms with Gasteiger partial charge in [-0.25, -0.2) is 0 Å². The van der Waals surface area contributed by atoms with Crippen LogP contribution in [0.4, 0.5) is 0 Å². The average molecular weight is 805 g/mol. The molecule has 0 spiro atoms. The van der Waals surface area contributed by atoms with Crippen LogP contribution in [-0.2, 0) is 0 Å². The average Bonchev–Trinajstić information content (AvgIpc) is 3.87. The summed E-state index contributed by atoms with van der Waals surface area (Å²) in [5, 5.41) is 26.5. The van der Waals surface area contributed by atoms with Gasteiger partial charge in [0.1, 0.15) is 0 Å². The Morgan fingerprint density at radius 1 is 0.172 bits per heavy atom. The van der Waals surface area contributed by atoms with Crippen molar-refractivity contribution in [1.29, 1.82) is 0 Å². The first kappa shape index (κ1) is 34.3. The highest BCUT2D eigenvalue weighted by atomic mass is 14.3. The van der Waals surface area contributed by atoms with Crippen molar-refractivity contribution in [2.75, 3.05) is 0 Å². The summed E-state index contributed by atoms with van der Waals surface area (Å²) in [5.74, 6) is 0. The van der Waals surface area contributed by atoms with Crippen LogP contribution in [0.25, 0.3) is 152 Å². The quantitative estimate of drug-likeness (QED) is 0.123. The van der Waals surface area contributed by atoms with E-state index in [9.17, 15) is 0 Å². The maximum absolute atomic E-state index is 2.49. The van der Waals surface area contributed by atoms with Crippen LogP contribution in [0, 0.1) is 0 Å². The molecule has 0 aliphatic heterocycles. The normalized spacial score (nSPS) is 12.4. The van der Waals surface area contributed by atoms with Crippen LogP contribution in [0.2, 0.25) is 0 Å². The van der Waals surface area contributed by atoms with Gasteiger partial charge in [0.2, 0.25) is 0 Å². The van der Waals surface area contributed by atoms with E-state index in [1.807, 2.05) is 0 Å². The van der Waals surface area contributed by atoms with Gasteiger partial charge in [0.15, 0.2) is 0 Å². The predicted molar refractivity (Wildman–Crippen MR) is 277 cm³/mol. The minimum atomic E-state index is 1.23. The topological polar surface area (TPSA) is 0 Å². The predicted octanol–water partition coefficient (Wildman–Crippen LogP) is 18.2. The molecule has 0 saturated heterocycles. The minimum Gasteiger partial charge on any atom is -0.0622 e. The molecule has 0 aliphatic rings. The fourth-order valence-corrected chi connectivity index (χ4v) is 12.2. The molecule has 64 heavy (non-hydrogen) atoms. The number of rotatable bonds is 4. The van der Waals surface area contributed by atoms with Gasteiger partial charge in [0, 0.05) is 0 Å². The fourth-order valence-electron chi connectivity index (χ4n) is 12.2. The molecular weight excluding hydrogens is 769 g/mol. The van der Waals surface area contributed by atoms with Crippen molar-refractivity contribution < 1.29 is 0 Å². The molecule has 0 atom stereocenters. The van der Waals surface area contributed by atoms with E-state index >= 15 is 0 Å². The summed E-state index contributed by atoms with van der Waals surface area (Å²) >= 11 is 0. The van der Waals surface area contributed by atoms with E-state index in [-0.39, 0.29) is 0 Å². The Kier molecular flexibility index (Phi) is 6.77. The third-order valence-electron chi connectivity index (χ3n) is 14.6. The molecule has 0 unspecified atom stereocenters. The van der Waals surface area contributed by atoms with Crippen molar-refractivity contribution in [3.8, 4) is 44.5 Å². The third kappa shape index (κ3) is 4.37. The first-order valence-corrected chi connectivity index (χ1v) is 22.4. The molecular formula is C64H36. The van der Waals surface area contributed by atoms with Gasteiger partial charge in [-0.05, 0) is 158 Å². The maximum atomic E-state index is 2.49. The van der Waals surface area contributed by atoms with Crippen molar-refractivity contribution in [1.82, 2.24) is 0 Å². The molecule has 0 fully saturated rings. The second-order valence-electron chi connectivity index (χ2n) is 17.7.